The summed E-state index contributed by atoms with van der Waals surface area (Å²) in [5, 5.41) is 57.8. The second-order valence-corrected chi connectivity index (χ2v) is 9.66. The standard InChI is InChI=1S/C9H19O19P3/c10-1-9(17,2-26-29(18,19)20)7(15)5(13)3(11)4(12)6(14)8(16)27-31(24,25)28-30(21,22)23/h1,3,5-8,11,13-17H,2H2,(H,24,25)(H2,18,19,20)(H2,21,22,23)/t3-,5-,6?,7?,8?,9?/m0/s1. The summed E-state index contributed by atoms with van der Waals surface area (Å²) in [6.07, 6.45) is -15.5. The number of carbonyl (C=O) groups excluding carboxylic acids is 2. The Hall–Kier alpha value is -0.530. The van der Waals surface area contributed by atoms with Gasteiger partial charge in [0.05, 0.1) is 6.61 Å². The molecular formula is C9H19O19P3. The van der Waals surface area contributed by atoms with Gasteiger partial charge in [-0.1, -0.05) is 0 Å². The van der Waals surface area contributed by atoms with E-state index in [0.29, 0.717) is 0 Å². The molecule has 184 valence electrons. The van der Waals surface area contributed by atoms with Gasteiger partial charge in [-0.3, -0.25) is 18.6 Å². The summed E-state index contributed by atoms with van der Waals surface area (Å²) in [6, 6.07) is 0. The molecule has 0 aliphatic carbocycles. The monoisotopic (exact) mass is 524 g/mol. The van der Waals surface area contributed by atoms with E-state index in [0.717, 1.165) is 0 Å². The van der Waals surface area contributed by atoms with E-state index in [1.54, 1.807) is 0 Å². The van der Waals surface area contributed by atoms with Crippen LogP contribution in [0.1, 0.15) is 0 Å². The Balaban J connectivity index is 5.33. The third kappa shape index (κ3) is 10.3. The van der Waals surface area contributed by atoms with Crippen LogP contribution < -0.4 is 0 Å². The second kappa shape index (κ2) is 11.1. The van der Waals surface area contributed by atoms with E-state index in [4.69, 9.17) is 24.5 Å². The van der Waals surface area contributed by atoms with Crippen molar-refractivity contribution in [3.05, 3.63) is 0 Å². The zero-order valence-corrected chi connectivity index (χ0v) is 17.4. The molecule has 11 N–H and O–H groups in total. The van der Waals surface area contributed by atoms with Gasteiger partial charge >= 0.3 is 23.5 Å². The summed E-state index contributed by atoms with van der Waals surface area (Å²) in [7, 11) is -16.7. The molecule has 0 rings (SSSR count). The number of rotatable bonds is 14. The molecule has 0 aromatic carbocycles. The SMILES string of the molecule is O=CC(O)(COP(=O)(O)O)C(O)[C@@H](O)[C@@H](O)C(=O)C(O)C(O)OP(=O)(O)OP(=O)(O)O. The summed E-state index contributed by atoms with van der Waals surface area (Å²) in [5.41, 5.74) is -3.32. The van der Waals surface area contributed by atoms with Gasteiger partial charge in [0.2, 0.25) is 0 Å². The van der Waals surface area contributed by atoms with Crippen molar-refractivity contribution in [2.45, 2.75) is 36.3 Å². The number of Topliss-reactive ketones (excluding diaryl/α,β-unsaturated/α-hetero) is 1. The Bertz CT molecular complexity index is 772. The normalized spacial score (nSPS) is 21.8. The quantitative estimate of drug-likeness (QED) is 0.0573. The molecule has 31 heavy (non-hydrogen) atoms. The molecule has 0 amide bonds. The lowest BCUT2D eigenvalue weighted by atomic mass is 9.90. The molecule has 0 saturated heterocycles. The van der Waals surface area contributed by atoms with Crippen molar-refractivity contribution in [1.82, 2.24) is 0 Å². The number of hydrogen-bond donors (Lipinski definition) is 11. The lowest BCUT2D eigenvalue weighted by Crippen LogP contribution is -2.59. The van der Waals surface area contributed by atoms with Crippen LogP contribution >= 0.6 is 23.5 Å². The summed E-state index contributed by atoms with van der Waals surface area (Å²) >= 11 is 0. The number of aliphatic hydroxyl groups is 6. The fraction of sp³-hybridized carbons (Fsp3) is 0.778. The van der Waals surface area contributed by atoms with Gasteiger partial charge in [-0.2, -0.15) is 4.31 Å². The Labute approximate surface area is 171 Å². The molecule has 0 bridgehead atoms. The van der Waals surface area contributed by atoms with Gasteiger partial charge in [-0.05, 0) is 0 Å². The number of hydrogen-bond acceptors (Lipinski definition) is 14. The Kier molecular flexibility index (Phi) is 10.9. The number of phosphoric acid groups is 3. The molecule has 19 nitrogen and oxygen atoms in total. The maximum Gasteiger partial charge on any atom is 0.483 e. The van der Waals surface area contributed by atoms with Gasteiger partial charge in [-0.15, -0.1) is 0 Å². The number of aldehydes is 1. The molecule has 0 saturated carbocycles. The molecule has 0 aromatic heterocycles. The number of aliphatic hydroxyl groups excluding tert-OH is 5. The minimum Gasteiger partial charge on any atom is -0.387 e. The molecule has 0 fully saturated rings. The molecule has 0 radical (unpaired) electrons. The van der Waals surface area contributed by atoms with Gasteiger partial charge in [0, 0.05) is 0 Å². The third-order valence-corrected chi connectivity index (χ3v) is 5.76. The Morgan fingerprint density at radius 2 is 1.39 bits per heavy atom. The van der Waals surface area contributed by atoms with Crippen LogP contribution in [0.15, 0.2) is 0 Å². The van der Waals surface area contributed by atoms with E-state index in [9.17, 15) is 53.9 Å². The van der Waals surface area contributed by atoms with Crippen molar-refractivity contribution in [3.8, 4) is 0 Å². The second-order valence-electron chi connectivity index (χ2n) is 5.64. The van der Waals surface area contributed by atoms with Gasteiger partial charge in [0.1, 0.15) is 18.3 Å². The summed E-state index contributed by atoms with van der Waals surface area (Å²) in [5.74, 6) is -2.10. The minimum atomic E-state index is -5.79. The Morgan fingerprint density at radius 3 is 1.77 bits per heavy atom. The van der Waals surface area contributed by atoms with Gasteiger partial charge in [0.15, 0.2) is 30.1 Å². The molecule has 0 aliphatic rings. The summed E-state index contributed by atoms with van der Waals surface area (Å²) in [4.78, 5) is 65.6. The van der Waals surface area contributed by atoms with Crippen LogP contribution in [-0.4, -0.2) is 110 Å². The van der Waals surface area contributed by atoms with Crippen LogP contribution in [0.2, 0.25) is 0 Å². The highest BCUT2D eigenvalue weighted by Gasteiger charge is 2.48. The highest BCUT2D eigenvalue weighted by molar-refractivity contribution is 7.60. The van der Waals surface area contributed by atoms with Crippen molar-refractivity contribution >= 4 is 35.5 Å². The average Bonchev–Trinajstić information content (AvgIpc) is 2.59. The van der Waals surface area contributed by atoms with Crippen molar-refractivity contribution < 1.29 is 91.7 Å². The molecule has 0 spiro atoms. The van der Waals surface area contributed by atoms with Crippen LogP contribution in [-0.2, 0) is 36.6 Å². The molecule has 7 atom stereocenters. The van der Waals surface area contributed by atoms with Crippen LogP contribution in [0.3, 0.4) is 0 Å². The predicted molar refractivity (Wildman–Crippen MR) is 88.1 cm³/mol. The first-order valence-electron chi connectivity index (χ1n) is 7.27. The van der Waals surface area contributed by atoms with E-state index in [1.807, 2.05) is 0 Å². The van der Waals surface area contributed by atoms with Crippen LogP contribution in [0, 0.1) is 0 Å². The van der Waals surface area contributed by atoms with Crippen LogP contribution in [0.25, 0.3) is 0 Å². The predicted octanol–water partition coefficient (Wildman–Crippen LogP) is -5.42. The first-order valence-corrected chi connectivity index (χ1v) is 11.8. The summed E-state index contributed by atoms with van der Waals surface area (Å²) in [6.45, 7) is -1.65. The minimum absolute atomic E-state index is 0.580. The molecular weight excluding hydrogens is 505 g/mol. The van der Waals surface area contributed by atoms with E-state index < -0.39 is 78.5 Å². The van der Waals surface area contributed by atoms with E-state index in [1.165, 1.54) is 0 Å². The smallest absolute Gasteiger partial charge is 0.387 e. The van der Waals surface area contributed by atoms with Crippen molar-refractivity contribution in [1.29, 1.82) is 0 Å². The van der Waals surface area contributed by atoms with Crippen molar-refractivity contribution in [2.75, 3.05) is 6.61 Å². The van der Waals surface area contributed by atoms with E-state index in [2.05, 4.69) is 13.4 Å². The van der Waals surface area contributed by atoms with Crippen LogP contribution in [0.5, 0.6) is 0 Å². The third-order valence-electron chi connectivity index (χ3n) is 3.13. The van der Waals surface area contributed by atoms with E-state index in [-0.39, 0.29) is 0 Å². The lowest BCUT2D eigenvalue weighted by molar-refractivity contribution is -0.183. The Morgan fingerprint density at radius 1 is 0.903 bits per heavy atom. The van der Waals surface area contributed by atoms with Crippen molar-refractivity contribution in [3.63, 3.8) is 0 Å². The van der Waals surface area contributed by atoms with Gasteiger partial charge in [-0.25, -0.2) is 13.7 Å². The maximum atomic E-state index is 11.8. The van der Waals surface area contributed by atoms with Gasteiger partial charge in [0.25, 0.3) is 0 Å². The zero-order valence-electron chi connectivity index (χ0n) is 14.7. The number of carbonyl (C=O) groups is 2. The fourth-order valence-corrected chi connectivity index (χ4v) is 3.67. The highest BCUT2D eigenvalue weighted by atomic mass is 31.3. The number of phosphoric ester groups is 2. The van der Waals surface area contributed by atoms with Crippen molar-refractivity contribution in [2.24, 2.45) is 0 Å². The van der Waals surface area contributed by atoms with Crippen LogP contribution in [0.4, 0.5) is 0 Å². The summed E-state index contributed by atoms with van der Waals surface area (Å²) < 4.78 is 43.0. The van der Waals surface area contributed by atoms with Gasteiger partial charge < -0.3 is 55.1 Å². The molecule has 22 heteroatoms. The number of ketones is 1. The molecule has 0 heterocycles. The topological polar surface area (TPSA) is 336 Å². The highest BCUT2D eigenvalue weighted by Crippen LogP contribution is 2.58. The average molecular weight is 524 g/mol. The molecule has 5 unspecified atom stereocenters. The lowest BCUT2D eigenvalue weighted by Gasteiger charge is -2.32. The van der Waals surface area contributed by atoms with E-state index >= 15 is 0 Å². The largest absolute Gasteiger partial charge is 0.483 e. The fourth-order valence-electron chi connectivity index (χ4n) is 1.68. The maximum absolute atomic E-state index is 11.8. The first-order chi connectivity index (χ1) is 13.7. The molecule has 0 aromatic rings. The molecule has 0 aliphatic heterocycles. The first kappa shape index (κ1) is 30.5. The zero-order chi connectivity index (χ0) is 25.0.